The number of thiophene rings is 1. The Morgan fingerprint density at radius 2 is 2.21 bits per heavy atom. The summed E-state index contributed by atoms with van der Waals surface area (Å²) in [5, 5.41) is 2.27. The Kier molecular flexibility index (Phi) is 3.56. The summed E-state index contributed by atoms with van der Waals surface area (Å²) in [6.07, 6.45) is 1.18. The van der Waals surface area contributed by atoms with E-state index >= 15 is 0 Å². The van der Waals surface area contributed by atoms with Gasteiger partial charge in [0, 0.05) is 24.5 Å². The van der Waals surface area contributed by atoms with Crippen molar-refractivity contribution in [2.75, 3.05) is 32.8 Å². The minimum Gasteiger partial charge on any atom is -0.379 e. The molecule has 0 aromatic carbocycles. The topological polar surface area (TPSA) is 12.5 Å². The van der Waals surface area contributed by atoms with Crippen molar-refractivity contribution in [1.29, 1.82) is 0 Å². The molecule has 0 spiro atoms. The van der Waals surface area contributed by atoms with Gasteiger partial charge in [0.05, 0.1) is 13.2 Å². The van der Waals surface area contributed by atoms with Gasteiger partial charge in [-0.2, -0.15) is 0 Å². The highest BCUT2D eigenvalue weighted by molar-refractivity contribution is 7.10. The third-order valence-electron chi connectivity index (χ3n) is 2.61. The number of hydrogen-bond donors (Lipinski definition) is 0. The van der Waals surface area contributed by atoms with Gasteiger partial charge in [-0.25, -0.2) is 0 Å². The molecular weight excluding hydrogens is 194 g/mol. The van der Waals surface area contributed by atoms with E-state index in [4.69, 9.17) is 4.74 Å². The van der Waals surface area contributed by atoms with Gasteiger partial charge in [-0.1, -0.05) is 0 Å². The molecule has 2 rings (SSSR count). The highest BCUT2D eigenvalue weighted by Gasteiger charge is 2.09. The second-order valence-electron chi connectivity index (χ2n) is 3.77. The number of ether oxygens (including phenoxy) is 1. The van der Waals surface area contributed by atoms with E-state index in [0.717, 1.165) is 26.3 Å². The Morgan fingerprint density at radius 3 is 2.86 bits per heavy atom. The van der Waals surface area contributed by atoms with Crippen LogP contribution in [0.3, 0.4) is 0 Å². The fourth-order valence-corrected chi connectivity index (χ4v) is 2.48. The number of morpholine rings is 1. The lowest BCUT2D eigenvalue weighted by Crippen LogP contribution is -2.37. The maximum absolute atomic E-state index is 5.32. The van der Waals surface area contributed by atoms with Gasteiger partial charge in [0.25, 0.3) is 0 Å². The molecule has 0 atom stereocenters. The second kappa shape index (κ2) is 4.91. The normalized spacial score (nSPS) is 18.6. The first kappa shape index (κ1) is 10.1. The quantitative estimate of drug-likeness (QED) is 0.757. The van der Waals surface area contributed by atoms with Gasteiger partial charge >= 0.3 is 0 Å². The molecule has 1 aliphatic heterocycles. The summed E-state index contributed by atoms with van der Waals surface area (Å²) in [4.78, 5) is 3.90. The molecule has 1 saturated heterocycles. The molecule has 0 saturated carbocycles. The average molecular weight is 211 g/mol. The lowest BCUT2D eigenvalue weighted by molar-refractivity contribution is 0.0384. The molecule has 3 heteroatoms. The van der Waals surface area contributed by atoms with Crippen LogP contribution in [0.4, 0.5) is 0 Å². The number of aryl methyl sites for hydroxylation is 1. The predicted octanol–water partition coefficient (Wildman–Crippen LogP) is 1.93. The molecule has 14 heavy (non-hydrogen) atoms. The van der Waals surface area contributed by atoms with Crippen LogP contribution in [0.5, 0.6) is 0 Å². The number of hydrogen-bond acceptors (Lipinski definition) is 3. The minimum absolute atomic E-state index is 0.905. The zero-order chi connectivity index (χ0) is 9.80. The van der Waals surface area contributed by atoms with Crippen molar-refractivity contribution in [3.05, 3.63) is 21.9 Å². The minimum atomic E-state index is 0.905. The van der Waals surface area contributed by atoms with Crippen LogP contribution in [0.2, 0.25) is 0 Å². The molecule has 2 heterocycles. The van der Waals surface area contributed by atoms with Gasteiger partial charge in [0.15, 0.2) is 0 Å². The molecule has 0 bridgehead atoms. The number of nitrogens with zero attached hydrogens (tertiary/aromatic N) is 1. The highest BCUT2D eigenvalue weighted by atomic mass is 32.1. The second-order valence-corrected chi connectivity index (χ2v) is 4.88. The first-order chi connectivity index (χ1) is 6.84. The van der Waals surface area contributed by atoms with E-state index in [9.17, 15) is 0 Å². The first-order valence-electron chi connectivity index (χ1n) is 5.19. The van der Waals surface area contributed by atoms with E-state index in [1.165, 1.54) is 23.4 Å². The molecule has 78 valence electrons. The Morgan fingerprint density at radius 1 is 1.43 bits per heavy atom. The van der Waals surface area contributed by atoms with Gasteiger partial charge in [-0.05, 0) is 30.4 Å². The summed E-state index contributed by atoms with van der Waals surface area (Å²) >= 11 is 1.85. The van der Waals surface area contributed by atoms with Crippen LogP contribution in [-0.4, -0.2) is 37.7 Å². The van der Waals surface area contributed by atoms with E-state index in [0.29, 0.717) is 0 Å². The average Bonchev–Trinajstić information content (AvgIpc) is 2.63. The Balaban J connectivity index is 1.76. The van der Waals surface area contributed by atoms with E-state index in [1.807, 2.05) is 11.3 Å². The molecule has 0 N–H and O–H groups in total. The molecule has 1 aliphatic rings. The highest BCUT2D eigenvalue weighted by Crippen LogP contribution is 2.14. The summed E-state index contributed by atoms with van der Waals surface area (Å²) in [6, 6.07) is 2.30. The van der Waals surface area contributed by atoms with Crippen molar-refractivity contribution in [1.82, 2.24) is 4.90 Å². The number of rotatable bonds is 3. The van der Waals surface area contributed by atoms with Gasteiger partial charge in [0.2, 0.25) is 0 Å². The van der Waals surface area contributed by atoms with E-state index in [-0.39, 0.29) is 0 Å². The molecule has 1 fully saturated rings. The summed E-state index contributed by atoms with van der Waals surface area (Å²) < 4.78 is 5.32. The van der Waals surface area contributed by atoms with Gasteiger partial charge in [-0.15, -0.1) is 11.3 Å². The summed E-state index contributed by atoms with van der Waals surface area (Å²) in [6.45, 7) is 7.36. The van der Waals surface area contributed by atoms with E-state index < -0.39 is 0 Å². The lowest BCUT2D eigenvalue weighted by Gasteiger charge is -2.26. The largest absolute Gasteiger partial charge is 0.379 e. The van der Waals surface area contributed by atoms with Crippen molar-refractivity contribution >= 4 is 11.3 Å². The fraction of sp³-hybridized carbons (Fsp3) is 0.636. The lowest BCUT2D eigenvalue weighted by atomic mass is 10.2. The van der Waals surface area contributed by atoms with E-state index in [2.05, 4.69) is 23.3 Å². The SMILES string of the molecule is Cc1cc(CCN2CCOCC2)cs1. The van der Waals surface area contributed by atoms with Gasteiger partial charge in [0.1, 0.15) is 0 Å². The molecule has 1 aromatic rings. The molecule has 1 aromatic heterocycles. The van der Waals surface area contributed by atoms with Crippen molar-refractivity contribution in [3.63, 3.8) is 0 Å². The molecule has 0 radical (unpaired) electrons. The third kappa shape index (κ3) is 2.80. The molecule has 2 nitrogen and oxygen atoms in total. The summed E-state index contributed by atoms with van der Waals surface area (Å²) in [5.74, 6) is 0. The standard InChI is InChI=1S/C11H17NOS/c1-10-8-11(9-14-10)2-3-12-4-6-13-7-5-12/h8-9H,2-7H2,1H3. The van der Waals surface area contributed by atoms with Crippen molar-refractivity contribution < 1.29 is 4.74 Å². The predicted molar refractivity (Wildman–Crippen MR) is 60.0 cm³/mol. The third-order valence-corrected chi connectivity index (χ3v) is 3.52. The van der Waals surface area contributed by atoms with Crippen LogP contribution in [0, 0.1) is 6.92 Å². The van der Waals surface area contributed by atoms with Crippen LogP contribution >= 0.6 is 11.3 Å². The Labute approximate surface area is 89.5 Å². The van der Waals surface area contributed by atoms with E-state index in [1.54, 1.807) is 0 Å². The summed E-state index contributed by atoms with van der Waals surface area (Å²) in [5.41, 5.74) is 1.49. The Bertz CT molecular complexity index is 279. The van der Waals surface area contributed by atoms with Crippen molar-refractivity contribution in [3.8, 4) is 0 Å². The van der Waals surface area contributed by atoms with Crippen molar-refractivity contribution in [2.45, 2.75) is 13.3 Å². The smallest absolute Gasteiger partial charge is 0.0594 e. The van der Waals surface area contributed by atoms with Crippen molar-refractivity contribution in [2.24, 2.45) is 0 Å². The van der Waals surface area contributed by atoms with Crippen LogP contribution in [-0.2, 0) is 11.2 Å². The zero-order valence-electron chi connectivity index (χ0n) is 8.66. The van der Waals surface area contributed by atoms with Crippen LogP contribution in [0.15, 0.2) is 11.4 Å². The van der Waals surface area contributed by atoms with Crippen LogP contribution < -0.4 is 0 Å². The van der Waals surface area contributed by atoms with Crippen LogP contribution in [0.25, 0.3) is 0 Å². The molecular formula is C11H17NOS. The van der Waals surface area contributed by atoms with Crippen LogP contribution in [0.1, 0.15) is 10.4 Å². The molecule has 0 amide bonds. The van der Waals surface area contributed by atoms with Gasteiger partial charge in [-0.3, -0.25) is 4.90 Å². The fourth-order valence-electron chi connectivity index (χ4n) is 1.74. The first-order valence-corrected chi connectivity index (χ1v) is 6.07. The van der Waals surface area contributed by atoms with Gasteiger partial charge < -0.3 is 4.74 Å². The maximum Gasteiger partial charge on any atom is 0.0594 e. The maximum atomic E-state index is 5.32. The monoisotopic (exact) mass is 211 g/mol. The molecule has 0 aliphatic carbocycles. The zero-order valence-corrected chi connectivity index (χ0v) is 9.48. The Hall–Kier alpha value is -0.380. The summed E-state index contributed by atoms with van der Waals surface area (Å²) in [7, 11) is 0. The molecule has 0 unspecified atom stereocenters.